The predicted octanol–water partition coefficient (Wildman–Crippen LogP) is 2.03. The highest BCUT2D eigenvalue weighted by molar-refractivity contribution is 5.92. The topological polar surface area (TPSA) is 68.5 Å². The van der Waals surface area contributed by atoms with E-state index in [0.29, 0.717) is 0 Å². The SMILES string of the molecule is Cc1nnc(NCCCn2ccnn2)c2ccccc12. The number of benzene rings is 1. The number of hydrogen-bond donors (Lipinski definition) is 1. The number of nitrogens with zero attached hydrogens (tertiary/aromatic N) is 5. The largest absolute Gasteiger partial charge is 0.368 e. The highest BCUT2D eigenvalue weighted by Crippen LogP contribution is 2.21. The molecule has 0 aliphatic carbocycles. The molecule has 1 aromatic carbocycles. The number of hydrogen-bond acceptors (Lipinski definition) is 5. The minimum atomic E-state index is 0.821. The van der Waals surface area contributed by atoms with Crippen molar-refractivity contribution in [2.24, 2.45) is 0 Å². The Bertz CT molecular complexity index is 692. The van der Waals surface area contributed by atoms with Gasteiger partial charge in [0.1, 0.15) is 0 Å². The van der Waals surface area contributed by atoms with E-state index in [-0.39, 0.29) is 0 Å². The molecule has 0 aliphatic rings. The van der Waals surface area contributed by atoms with Crippen LogP contribution in [-0.2, 0) is 6.54 Å². The second-order valence-electron chi connectivity index (χ2n) is 4.63. The number of rotatable bonds is 5. The average molecular weight is 268 g/mol. The third-order valence-corrected chi connectivity index (χ3v) is 3.20. The van der Waals surface area contributed by atoms with Crippen LogP contribution in [0.4, 0.5) is 5.82 Å². The van der Waals surface area contributed by atoms with E-state index in [1.807, 2.05) is 29.9 Å². The third kappa shape index (κ3) is 2.59. The summed E-state index contributed by atoms with van der Waals surface area (Å²) in [5.74, 6) is 0.838. The fourth-order valence-corrected chi connectivity index (χ4v) is 2.17. The summed E-state index contributed by atoms with van der Waals surface area (Å²) in [5, 5.41) is 21.7. The zero-order valence-electron chi connectivity index (χ0n) is 11.3. The molecule has 102 valence electrons. The quantitative estimate of drug-likeness (QED) is 0.717. The molecule has 0 bridgehead atoms. The van der Waals surface area contributed by atoms with Gasteiger partial charge < -0.3 is 5.32 Å². The summed E-state index contributed by atoms with van der Waals surface area (Å²) in [6.45, 7) is 3.63. The van der Waals surface area contributed by atoms with Crippen molar-refractivity contribution in [2.75, 3.05) is 11.9 Å². The molecule has 0 spiro atoms. The molecular formula is C14H16N6. The summed E-state index contributed by atoms with van der Waals surface area (Å²) in [6, 6.07) is 8.17. The van der Waals surface area contributed by atoms with Gasteiger partial charge in [0.2, 0.25) is 0 Å². The highest BCUT2D eigenvalue weighted by Gasteiger charge is 2.05. The molecule has 6 heteroatoms. The molecule has 1 N–H and O–H groups in total. The molecule has 0 amide bonds. The van der Waals surface area contributed by atoms with Crippen molar-refractivity contribution in [1.82, 2.24) is 25.2 Å². The van der Waals surface area contributed by atoms with Crippen molar-refractivity contribution >= 4 is 16.6 Å². The fraction of sp³-hybridized carbons (Fsp3) is 0.286. The Kier molecular flexibility index (Phi) is 3.54. The summed E-state index contributed by atoms with van der Waals surface area (Å²) in [7, 11) is 0. The van der Waals surface area contributed by atoms with Gasteiger partial charge in [-0.3, -0.25) is 4.68 Å². The Balaban J connectivity index is 1.67. The molecule has 3 rings (SSSR count). The second kappa shape index (κ2) is 5.64. The van der Waals surface area contributed by atoms with E-state index < -0.39 is 0 Å². The summed E-state index contributed by atoms with van der Waals surface area (Å²) in [6.07, 6.45) is 4.50. The van der Waals surface area contributed by atoms with Crippen LogP contribution in [0.25, 0.3) is 10.8 Å². The number of fused-ring (bicyclic) bond motifs is 1. The van der Waals surface area contributed by atoms with Gasteiger partial charge in [-0.05, 0) is 13.3 Å². The van der Waals surface area contributed by atoms with E-state index in [1.54, 1.807) is 6.20 Å². The third-order valence-electron chi connectivity index (χ3n) is 3.20. The van der Waals surface area contributed by atoms with Crippen LogP contribution in [0.1, 0.15) is 12.1 Å². The maximum absolute atomic E-state index is 4.25. The van der Waals surface area contributed by atoms with Crippen LogP contribution in [0.2, 0.25) is 0 Å². The summed E-state index contributed by atoms with van der Waals surface area (Å²) in [5.41, 5.74) is 0.953. The van der Waals surface area contributed by atoms with Gasteiger partial charge in [-0.25, -0.2) is 0 Å². The van der Waals surface area contributed by atoms with Gasteiger partial charge in [-0.1, -0.05) is 29.5 Å². The lowest BCUT2D eigenvalue weighted by Crippen LogP contribution is -2.09. The van der Waals surface area contributed by atoms with E-state index in [1.165, 1.54) is 0 Å². The van der Waals surface area contributed by atoms with E-state index in [4.69, 9.17) is 0 Å². The zero-order valence-corrected chi connectivity index (χ0v) is 11.3. The number of anilines is 1. The minimum Gasteiger partial charge on any atom is -0.368 e. The number of aromatic nitrogens is 5. The fourth-order valence-electron chi connectivity index (χ4n) is 2.17. The molecule has 0 atom stereocenters. The first-order valence-corrected chi connectivity index (χ1v) is 6.64. The monoisotopic (exact) mass is 268 g/mol. The maximum Gasteiger partial charge on any atom is 0.156 e. The molecular weight excluding hydrogens is 252 g/mol. The standard InChI is InChI=1S/C14H16N6/c1-11-12-5-2-3-6-13(12)14(18-17-11)15-7-4-9-20-10-8-16-19-20/h2-3,5-6,8,10H,4,7,9H2,1H3,(H,15,18). The average Bonchev–Trinajstić information content (AvgIpc) is 2.99. The van der Waals surface area contributed by atoms with Crippen LogP contribution in [0.15, 0.2) is 36.7 Å². The van der Waals surface area contributed by atoms with E-state index in [0.717, 1.165) is 41.8 Å². The lowest BCUT2D eigenvalue weighted by Gasteiger charge is -2.09. The lowest BCUT2D eigenvalue weighted by molar-refractivity contribution is 0.569. The Morgan fingerprint density at radius 3 is 2.80 bits per heavy atom. The molecule has 3 aromatic rings. The molecule has 0 fully saturated rings. The van der Waals surface area contributed by atoms with Crippen molar-refractivity contribution in [3.05, 3.63) is 42.4 Å². The molecule has 6 nitrogen and oxygen atoms in total. The molecule has 2 heterocycles. The van der Waals surface area contributed by atoms with Gasteiger partial charge in [0.25, 0.3) is 0 Å². The molecule has 2 aromatic heterocycles. The Morgan fingerprint density at radius 2 is 2.00 bits per heavy atom. The normalized spacial score (nSPS) is 10.8. The first kappa shape index (κ1) is 12.5. The first-order chi connectivity index (χ1) is 9.84. The van der Waals surface area contributed by atoms with Crippen LogP contribution in [0, 0.1) is 6.92 Å². The molecule has 0 radical (unpaired) electrons. The van der Waals surface area contributed by atoms with Gasteiger partial charge in [-0.2, -0.15) is 5.10 Å². The van der Waals surface area contributed by atoms with Gasteiger partial charge >= 0.3 is 0 Å². The number of aryl methyl sites for hydroxylation is 2. The van der Waals surface area contributed by atoms with Crippen molar-refractivity contribution in [3.8, 4) is 0 Å². The smallest absolute Gasteiger partial charge is 0.156 e. The Morgan fingerprint density at radius 1 is 1.15 bits per heavy atom. The summed E-state index contributed by atoms with van der Waals surface area (Å²) in [4.78, 5) is 0. The molecule has 0 saturated carbocycles. The zero-order chi connectivity index (χ0) is 13.8. The van der Waals surface area contributed by atoms with E-state index in [2.05, 4.69) is 38.0 Å². The number of nitrogens with one attached hydrogen (secondary N) is 1. The van der Waals surface area contributed by atoms with Crippen LogP contribution in [-0.4, -0.2) is 31.7 Å². The van der Waals surface area contributed by atoms with Crippen LogP contribution >= 0.6 is 0 Å². The lowest BCUT2D eigenvalue weighted by atomic mass is 10.1. The van der Waals surface area contributed by atoms with Crippen molar-refractivity contribution in [2.45, 2.75) is 19.9 Å². The predicted molar refractivity (Wildman–Crippen MR) is 77.4 cm³/mol. The maximum atomic E-state index is 4.25. The van der Waals surface area contributed by atoms with Crippen molar-refractivity contribution in [1.29, 1.82) is 0 Å². The van der Waals surface area contributed by atoms with Crippen LogP contribution in [0.5, 0.6) is 0 Å². The second-order valence-corrected chi connectivity index (χ2v) is 4.63. The van der Waals surface area contributed by atoms with E-state index in [9.17, 15) is 0 Å². The molecule has 20 heavy (non-hydrogen) atoms. The van der Waals surface area contributed by atoms with Crippen molar-refractivity contribution < 1.29 is 0 Å². The van der Waals surface area contributed by atoms with Gasteiger partial charge in [0.15, 0.2) is 5.82 Å². The molecule has 0 unspecified atom stereocenters. The van der Waals surface area contributed by atoms with Crippen molar-refractivity contribution in [3.63, 3.8) is 0 Å². The van der Waals surface area contributed by atoms with Gasteiger partial charge in [-0.15, -0.1) is 10.2 Å². The molecule has 0 aliphatic heterocycles. The first-order valence-electron chi connectivity index (χ1n) is 6.64. The van der Waals surface area contributed by atoms with E-state index >= 15 is 0 Å². The Hall–Kier alpha value is -2.50. The summed E-state index contributed by atoms with van der Waals surface area (Å²) >= 11 is 0. The molecule has 0 saturated heterocycles. The summed E-state index contributed by atoms with van der Waals surface area (Å²) < 4.78 is 1.82. The van der Waals surface area contributed by atoms with Gasteiger partial charge in [0.05, 0.1) is 11.9 Å². The highest BCUT2D eigenvalue weighted by atomic mass is 15.4. The van der Waals surface area contributed by atoms with Crippen LogP contribution < -0.4 is 5.32 Å². The minimum absolute atomic E-state index is 0.821. The van der Waals surface area contributed by atoms with Crippen LogP contribution in [0.3, 0.4) is 0 Å². The van der Waals surface area contributed by atoms with Gasteiger partial charge in [0, 0.05) is 30.1 Å². The Labute approximate surface area is 116 Å².